The van der Waals surface area contributed by atoms with E-state index in [9.17, 15) is 4.79 Å². The van der Waals surface area contributed by atoms with E-state index in [-0.39, 0.29) is 5.91 Å². The number of fused-ring (bicyclic) bond motifs is 1. The van der Waals surface area contributed by atoms with Crippen molar-refractivity contribution < 1.29 is 4.79 Å². The van der Waals surface area contributed by atoms with Crippen LogP contribution in [0.15, 0.2) is 36.5 Å². The second-order valence-corrected chi connectivity index (χ2v) is 3.60. The molecule has 78 valence electrons. The van der Waals surface area contributed by atoms with Crippen LogP contribution < -0.4 is 5.43 Å². The maximum absolute atomic E-state index is 11.3. The molecule has 15 heavy (non-hydrogen) atoms. The van der Waals surface area contributed by atoms with Crippen molar-refractivity contribution in [3.05, 3.63) is 36.5 Å². The van der Waals surface area contributed by atoms with Gasteiger partial charge in [0.05, 0.1) is 5.52 Å². The summed E-state index contributed by atoms with van der Waals surface area (Å²) in [6.45, 7) is 0. The quantitative estimate of drug-likeness (QED) is 0.795. The lowest BCUT2D eigenvalue weighted by atomic mass is 10.3. The number of carbonyl (C=O) groups is 1. The van der Waals surface area contributed by atoms with E-state index in [1.165, 1.54) is 0 Å². The molecule has 1 amide bonds. The van der Waals surface area contributed by atoms with Crippen LogP contribution in [-0.2, 0) is 4.79 Å². The molecule has 0 radical (unpaired) electrons. The summed E-state index contributed by atoms with van der Waals surface area (Å²) in [4.78, 5) is 11.3. The van der Waals surface area contributed by atoms with Crippen molar-refractivity contribution in [3.63, 3.8) is 0 Å². The first kappa shape index (κ1) is 10.1. The van der Waals surface area contributed by atoms with Crippen LogP contribution in [0.3, 0.4) is 0 Å². The molecule has 0 aliphatic rings. The lowest BCUT2D eigenvalue weighted by Crippen LogP contribution is -2.21. The first-order valence-electron chi connectivity index (χ1n) is 4.73. The Kier molecular flexibility index (Phi) is 2.92. The van der Waals surface area contributed by atoms with Crippen molar-refractivity contribution in [1.29, 1.82) is 0 Å². The van der Waals surface area contributed by atoms with Crippen LogP contribution in [-0.4, -0.2) is 16.5 Å². The first-order chi connectivity index (χ1) is 7.31. The Bertz CT molecular complexity index is 478. The molecule has 1 heterocycles. The summed E-state index contributed by atoms with van der Waals surface area (Å²) in [5.74, 6) is 0.261. The number of rotatable bonds is 3. The second kappa shape index (κ2) is 4.36. The Morgan fingerprint density at radius 1 is 1.33 bits per heavy atom. The number of halogens is 1. The summed E-state index contributed by atoms with van der Waals surface area (Å²) in [6, 6.07) is 9.81. The molecule has 1 aromatic carbocycles. The van der Waals surface area contributed by atoms with Gasteiger partial charge in [0.2, 0.25) is 5.91 Å². The van der Waals surface area contributed by atoms with Crippen molar-refractivity contribution in [1.82, 2.24) is 4.68 Å². The number of nitrogens with one attached hydrogen (secondary N) is 1. The molecule has 2 rings (SSSR count). The van der Waals surface area contributed by atoms with Gasteiger partial charge in [-0.25, -0.2) is 0 Å². The van der Waals surface area contributed by atoms with Crippen molar-refractivity contribution in [2.45, 2.75) is 6.42 Å². The minimum atomic E-state index is -0.0775. The number of para-hydroxylation sites is 1. The average molecular weight is 223 g/mol. The smallest absolute Gasteiger partial charge is 0.239 e. The van der Waals surface area contributed by atoms with Gasteiger partial charge in [0, 0.05) is 23.9 Å². The lowest BCUT2D eigenvalue weighted by molar-refractivity contribution is -0.116. The van der Waals surface area contributed by atoms with Crippen molar-refractivity contribution in [2.75, 3.05) is 11.3 Å². The van der Waals surface area contributed by atoms with Gasteiger partial charge < -0.3 is 0 Å². The van der Waals surface area contributed by atoms with Gasteiger partial charge in [0.25, 0.3) is 0 Å². The van der Waals surface area contributed by atoms with E-state index in [0.29, 0.717) is 12.3 Å². The molecule has 0 bridgehead atoms. The number of carbonyl (C=O) groups excluding carboxylic acids is 1. The van der Waals surface area contributed by atoms with Gasteiger partial charge in [-0.15, -0.1) is 11.6 Å². The molecule has 0 spiro atoms. The number of aromatic nitrogens is 1. The van der Waals surface area contributed by atoms with Crippen LogP contribution in [0, 0.1) is 0 Å². The molecule has 0 saturated heterocycles. The SMILES string of the molecule is O=C(CCCl)Nn1ccc2ccccc21. The van der Waals surface area contributed by atoms with Crippen LogP contribution in [0.25, 0.3) is 10.9 Å². The van der Waals surface area contributed by atoms with Gasteiger partial charge in [0.15, 0.2) is 0 Å². The fourth-order valence-corrected chi connectivity index (χ4v) is 1.63. The highest BCUT2D eigenvalue weighted by Gasteiger charge is 2.03. The van der Waals surface area contributed by atoms with Crippen LogP contribution >= 0.6 is 11.6 Å². The molecule has 1 aromatic heterocycles. The number of alkyl halides is 1. The molecule has 0 unspecified atom stereocenters. The van der Waals surface area contributed by atoms with E-state index in [2.05, 4.69) is 5.43 Å². The summed E-state index contributed by atoms with van der Waals surface area (Å²) >= 11 is 5.48. The molecule has 3 nitrogen and oxygen atoms in total. The van der Waals surface area contributed by atoms with E-state index >= 15 is 0 Å². The van der Waals surface area contributed by atoms with Crippen LogP contribution in [0.1, 0.15) is 6.42 Å². The molecule has 1 N–H and O–H groups in total. The molecule has 0 aliphatic carbocycles. The number of hydrogen-bond acceptors (Lipinski definition) is 1. The van der Waals surface area contributed by atoms with Gasteiger partial charge in [-0.05, 0) is 12.1 Å². The Balaban J connectivity index is 2.25. The summed E-state index contributed by atoms with van der Waals surface area (Å²) in [6.07, 6.45) is 2.16. The van der Waals surface area contributed by atoms with Crippen molar-refractivity contribution in [2.24, 2.45) is 0 Å². The van der Waals surface area contributed by atoms with Crippen LogP contribution in [0.4, 0.5) is 0 Å². The third-order valence-corrected chi connectivity index (χ3v) is 2.36. The van der Waals surface area contributed by atoms with E-state index in [0.717, 1.165) is 10.9 Å². The second-order valence-electron chi connectivity index (χ2n) is 3.22. The van der Waals surface area contributed by atoms with Crippen molar-refractivity contribution in [3.8, 4) is 0 Å². The zero-order valence-corrected chi connectivity index (χ0v) is 8.87. The number of hydrogen-bond donors (Lipinski definition) is 1. The third kappa shape index (κ3) is 2.13. The Morgan fingerprint density at radius 3 is 2.93 bits per heavy atom. The topological polar surface area (TPSA) is 34.0 Å². The summed E-state index contributed by atoms with van der Waals surface area (Å²) in [7, 11) is 0. The Labute approximate surface area is 92.6 Å². The molecular formula is C11H11ClN2O. The molecule has 0 atom stereocenters. The number of nitrogens with zero attached hydrogens (tertiary/aromatic N) is 1. The predicted octanol–water partition coefficient (Wildman–Crippen LogP) is 2.34. The standard InChI is InChI=1S/C11H11ClN2O/c12-7-5-11(15)13-14-8-6-9-3-1-2-4-10(9)14/h1-4,6,8H,5,7H2,(H,13,15). The zero-order valence-electron chi connectivity index (χ0n) is 8.11. The minimum Gasteiger partial charge on any atom is -0.273 e. The highest BCUT2D eigenvalue weighted by atomic mass is 35.5. The zero-order chi connectivity index (χ0) is 10.7. The highest BCUT2D eigenvalue weighted by molar-refractivity contribution is 6.19. The Hall–Kier alpha value is -1.48. The molecular weight excluding hydrogens is 212 g/mol. The summed E-state index contributed by atoms with van der Waals surface area (Å²) < 4.78 is 1.71. The van der Waals surface area contributed by atoms with Crippen molar-refractivity contribution >= 4 is 28.4 Å². The van der Waals surface area contributed by atoms with Crippen LogP contribution in [0.2, 0.25) is 0 Å². The lowest BCUT2D eigenvalue weighted by Gasteiger charge is -2.06. The van der Waals surface area contributed by atoms with E-state index in [1.807, 2.05) is 36.5 Å². The predicted molar refractivity (Wildman–Crippen MR) is 61.6 cm³/mol. The maximum atomic E-state index is 11.3. The van der Waals surface area contributed by atoms with E-state index in [4.69, 9.17) is 11.6 Å². The molecule has 4 heteroatoms. The fraction of sp³-hybridized carbons (Fsp3) is 0.182. The molecule has 0 aliphatic heterocycles. The average Bonchev–Trinajstić information content (AvgIpc) is 2.62. The van der Waals surface area contributed by atoms with E-state index in [1.54, 1.807) is 4.68 Å². The fourth-order valence-electron chi connectivity index (χ4n) is 1.46. The van der Waals surface area contributed by atoms with Gasteiger partial charge in [-0.2, -0.15) is 0 Å². The van der Waals surface area contributed by atoms with E-state index < -0.39 is 0 Å². The minimum absolute atomic E-state index is 0.0775. The first-order valence-corrected chi connectivity index (χ1v) is 5.26. The van der Waals surface area contributed by atoms with Gasteiger partial charge in [-0.1, -0.05) is 18.2 Å². The summed E-state index contributed by atoms with van der Waals surface area (Å²) in [5, 5.41) is 1.10. The number of amides is 1. The van der Waals surface area contributed by atoms with Gasteiger partial charge in [0.1, 0.15) is 0 Å². The normalized spacial score (nSPS) is 10.5. The van der Waals surface area contributed by atoms with Gasteiger partial charge in [-0.3, -0.25) is 14.9 Å². The van der Waals surface area contributed by atoms with Crippen LogP contribution in [0.5, 0.6) is 0 Å². The van der Waals surface area contributed by atoms with Gasteiger partial charge >= 0.3 is 0 Å². The molecule has 0 fully saturated rings. The Morgan fingerprint density at radius 2 is 2.13 bits per heavy atom. The molecule has 0 saturated carbocycles. The molecule has 2 aromatic rings. The monoisotopic (exact) mass is 222 g/mol. The highest BCUT2D eigenvalue weighted by Crippen LogP contribution is 2.13. The maximum Gasteiger partial charge on any atom is 0.239 e. The summed E-state index contributed by atoms with van der Waals surface area (Å²) in [5.41, 5.74) is 3.75. The largest absolute Gasteiger partial charge is 0.273 e. The number of benzene rings is 1. The third-order valence-electron chi connectivity index (χ3n) is 2.17.